The van der Waals surface area contributed by atoms with E-state index in [1.54, 1.807) is 0 Å². The Morgan fingerprint density at radius 2 is 1.60 bits per heavy atom. The lowest BCUT2D eigenvalue weighted by atomic mass is 9.80. The molecule has 1 heteroatoms. The molecule has 10 heavy (non-hydrogen) atoms. The summed E-state index contributed by atoms with van der Waals surface area (Å²) < 4.78 is 0. The van der Waals surface area contributed by atoms with Gasteiger partial charge in [-0.25, -0.2) is 0 Å². The zero-order chi connectivity index (χ0) is 7.56. The van der Waals surface area contributed by atoms with Crippen LogP contribution in [0, 0.1) is 11.8 Å². The highest BCUT2D eigenvalue weighted by atomic mass is 14.6. The molecule has 1 nitrogen and oxygen atoms in total. The molecule has 0 atom stereocenters. The monoisotopic (exact) mass is 141 g/mol. The average molecular weight is 141 g/mol. The lowest BCUT2D eigenvalue weighted by molar-refractivity contribution is 0.259. The predicted octanol–water partition coefficient (Wildman–Crippen LogP) is 2.16. The highest BCUT2D eigenvalue weighted by Crippen LogP contribution is 2.28. The van der Waals surface area contributed by atoms with Gasteiger partial charge in [-0.2, -0.15) is 0 Å². The maximum absolute atomic E-state index is 5.80. The lowest BCUT2D eigenvalue weighted by Gasteiger charge is -2.28. The maximum Gasteiger partial charge on any atom is 0.00390 e. The molecular weight excluding hydrogens is 122 g/mol. The van der Waals surface area contributed by atoms with E-state index in [4.69, 9.17) is 5.73 Å². The van der Waals surface area contributed by atoms with E-state index in [0.29, 0.717) is 6.04 Å². The van der Waals surface area contributed by atoms with Crippen molar-refractivity contribution in [2.24, 2.45) is 17.6 Å². The van der Waals surface area contributed by atoms with Crippen LogP contribution in [0.1, 0.15) is 39.5 Å². The second-order valence-corrected chi connectivity index (χ2v) is 3.92. The molecule has 1 aliphatic rings. The van der Waals surface area contributed by atoms with E-state index in [2.05, 4.69) is 13.8 Å². The fourth-order valence-electron chi connectivity index (χ4n) is 1.81. The third-order valence-electron chi connectivity index (χ3n) is 2.76. The van der Waals surface area contributed by atoms with Crippen molar-refractivity contribution in [3.63, 3.8) is 0 Å². The molecule has 2 N–H and O–H groups in total. The minimum atomic E-state index is 0.509. The minimum Gasteiger partial charge on any atom is -0.328 e. The van der Waals surface area contributed by atoms with Gasteiger partial charge in [-0.15, -0.1) is 0 Å². The van der Waals surface area contributed by atoms with Gasteiger partial charge in [0, 0.05) is 6.04 Å². The van der Waals surface area contributed by atoms with E-state index in [0.717, 1.165) is 11.8 Å². The van der Waals surface area contributed by atoms with Crippen molar-refractivity contribution in [2.75, 3.05) is 0 Å². The Labute approximate surface area is 64.0 Å². The SMILES string of the molecule is CC(C)[C@H]1CC[C@@H](N)CC1. The summed E-state index contributed by atoms with van der Waals surface area (Å²) in [6, 6.07) is 0.509. The molecule has 1 saturated carbocycles. The van der Waals surface area contributed by atoms with Crippen LogP contribution in [0.25, 0.3) is 0 Å². The molecule has 1 rings (SSSR count). The molecule has 0 spiro atoms. The fourth-order valence-corrected chi connectivity index (χ4v) is 1.81. The first-order valence-electron chi connectivity index (χ1n) is 4.45. The van der Waals surface area contributed by atoms with Crippen molar-refractivity contribution in [1.82, 2.24) is 0 Å². The van der Waals surface area contributed by atoms with Gasteiger partial charge in [0.25, 0.3) is 0 Å². The van der Waals surface area contributed by atoms with Crippen LogP contribution in [0.15, 0.2) is 0 Å². The van der Waals surface area contributed by atoms with E-state index in [1.165, 1.54) is 25.7 Å². The second kappa shape index (κ2) is 3.38. The zero-order valence-electron chi connectivity index (χ0n) is 7.14. The van der Waals surface area contributed by atoms with Crippen molar-refractivity contribution < 1.29 is 0 Å². The van der Waals surface area contributed by atoms with Crippen molar-refractivity contribution >= 4 is 0 Å². The van der Waals surface area contributed by atoms with E-state index in [1.807, 2.05) is 0 Å². The van der Waals surface area contributed by atoms with E-state index in [9.17, 15) is 0 Å². The maximum atomic E-state index is 5.80. The van der Waals surface area contributed by atoms with Crippen molar-refractivity contribution in [3.8, 4) is 0 Å². The Bertz CT molecular complexity index is 90.9. The van der Waals surface area contributed by atoms with Gasteiger partial charge in [0.05, 0.1) is 0 Å². The van der Waals surface area contributed by atoms with Gasteiger partial charge in [0.1, 0.15) is 0 Å². The summed E-state index contributed by atoms with van der Waals surface area (Å²) in [7, 11) is 0. The number of nitrogens with two attached hydrogens (primary N) is 1. The average Bonchev–Trinajstić information content (AvgIpc) is 1.88. The molecule has 0 saturated heterocycles. The normalized spacial score (nSPS) is 34.8. The van der Waals surface area contributed by atoms with Crippen LogP contribution in [0.5, 0.6) is 0 Å². The fraction of sp³-hybridized carbons (Fsp3) is 1.00. The Morgan fingerprint density at radius 1 is 1.10 bits per heavy atom. The van der Waals surface area contributed by atoms with Crippen LogP contribution in [-0.4, -0.2) is 6.04 Å². The van der Waals surface area contributed by atoms with Crippen molar-refractivity contribution in [2.45, 2.75) is 45.6 Å². The summed E-state index contributed by atoms with van der Waals surface area (Å²) in [5.74, 6) is 1.83. The molecule has 0 heterocycles. The topological polar surface area (TPSA) is 26.0 Å². The van der Waals surface area contributed by atoms with Gasteiger partial charge < -0.3 is 5.73 Å². The Hall–Kier alpha value is -0.0400. The van der Waals surface area contributed by atoms with Crippen LogP contribution in [0.4, 0.5) is 0 Å². The van der Waals surface area contributed by atoms with Gasteiger partial charge in [-0.05, 0) is 37.5 Å². The van der Waals surface area contributed by atoms with E-state index >= 15 is 0 Å². The van der Waals surface area contributed by atoms with Gasteiger partial charge in [0.2, 0.25) is 0 Å². The van der Waals surface area contributed by atoms with Crippen LogP contribution >= 0.6 is 0 Å². The van der Waals surface area contributed by atoms with E-state index in [-0.39, 0.29) is 0 Å². The smallest absolute Gasteiger partial charge is 0.00390 e. The predicted molar refractivity (Wildman–Crippen MR) is 44.8 cm³/mol. The lowest BCUT2D eigenvalue weighted by Crippen LogP contribution is -2.28. The van der Waals surface area contributed by atoms with Crippen molar-refractivity contribution in [1.29, 1.82) is 0 Å². The van der Waals surface area contributed by atoms with Crippen molar-refractivity contribution in [3.05, 3.63) is 0 Å². The zero-order valence-corrected chi connectivity index (χ0v) is 7.14. The first-order chi connectivity index (χ1) is 4.70. The number of rotatable bonds is 1. The molecule has 0 aromatic heterocycles. The number of hydrogen-bond acceptors (Lipinski definition) is 1. The summed E-state index contributed by atoms with van der Waals surface area (Å²) in [6.07, 6.45) is 5.23. The third kappa shape index (κ3) is 1.98. The Kier molecular flexibility index (Phi) is 2.72. The molecule has 0 bridgehead atoms. The molecule has 0 amide bonds. The number of hydrogen-bond donors (Lipinski definition) is 1. The molecule has 1 aliphatic carbocycles. The largest absolute Gasteiger partial charge is 0.328 e. The van der Waals surface area contributed by atoms with Gasteiger partial charge in [-0.1, -0.05) is 13.8 Å². The van der Waals surface area contributed by atoms with Gasteiger partial charge in [0.15, 0.2) is 0 Å². The standard InChI is InChI=1S/C9H19N/c1-7(2)8-3-5-9(10)6-4-8/h7-9H,3-6,10H2,1-2H3/t8-,9+. The summed E-state index contributed by atoms with van der Waals surface area (Å²) >= 11 is 0. The van der Waals surface area contributed by atoms with Crippen LogP contribution in [0.2, 0.25) is 0 Å². The summed E-state index contributed by atoms with van der Waals surface area (Å²) in [4.78, 5) is 0. The molecule has 0 aromatic carbocycles. The quantitative estimate of drug-likeness (QED) is 0.595. The molecule has 0 unspecified atom stereocenters. The van der Waals surface area contributed by atoms with Gasteiger partial charge in [-0.3, -0.25) is 0 Å². The Balaban J connectivity index is 2.26. The summed E-state index contributed by atoms with van der Waals surface area (Å²) in [5.41, 5.74) is 5.80. The summed E-state index contributed by atoms with van der Waals surface area (Å²) in [5, 5.41) is 0. The summed E-state index contributed by atoms with van der Waals surface area (Å²) in [6.45, 7) is 4.64. The highest BCUT2D eigenvalue weighted by molar-refractivity contribution is 4.75. The van der Waals surface area contributed by atoms with Crippen LogP contribution in [-0.2, 0) is 0 Å². The first kappa shape index (κ1) is 8.06. The minimum absolute atomic E-state index is 0.509. The third-order valence-corrected chi connectivity index (χ3v) is 2.76. The second-order valence-electron chi connectivity index (χ2n) is 3.92. The molecule has 0 radical (unpaired) electrons. The highest BCUT2D eigenvalue weighted by Gasteiger charge is 2.20. The molecule has 1 fully saturated rings. The van der Waals surface area contributed by atoms with Crippen LogP contribution in [0.3, 0.4) is 0 Å². The Morgan fingerprint density at radius 3 is 2.00 bits per heavy atom. The van der Waals surface area contributed by atoms with Gasteiger partial charge >= 0.3 is 0 Å². The first-order valence-corrected chi connectivity index (χ1v) is 4.45. The molecule has 60 valence electrons. The molecule has 0 aliphatic heterocycles. The molecular formula is C9H19N. The van der Waals surface area contributed by atoms with Crippen LogP contribution < -0.4 is 5.73 Å². The van der Waals surface area contributed by atoms with E-state index < -0.39 is 0 Å². The molecule has 0 aromatic rings.